The van der Waals surface area contributed by atoms with Gasteiger partial charge in [-0.2, -0.15) is 0 Å². The molecule has 0 aliphatic carbocycles. The first-order valence-electron chi connectivity index (χ1n) is 10.2. The summed E-state index contributed by atoms with van der Waals surface area (Å²) < 4.78 is 5.71. The Balaban J connectivity index is 1.70. The quantitative estimate of drug-likeness (QED) is 0.329. The van der Waals surface area contributed by atoms with Gasteiger partial charge in [0.1, 0.15) is 5.75 Å². The maximum absolute atomic E-state index is 8.71. The van der Waals surface area contributed by atoms with E-state index < -0.39 is 0 Å². The summed E-state index contributed by atoms with van der Waals surface area (Å²) in [5.74, 6) is 0.992. The zero-order chi connectivity index (χ0) is 17.1. The summed E-state index contributed by atoms with van der Waals surface area (Å²) in [7, 11) is 0. The molecule has 1 aromatic carbocycles. The van der Waals surface area contributed by atoms with E-state index in [1.54, 1.807) is 0 Å². The molecule has 0 heterocycles. The van der Waals surface area contributed by atoms with Crippen LogP contribution >= 0.6 is 0 Å². The molecule has 1 rings (SSSR count). The number of unbranched alkanes of at least 4 members (excludes halogenated alkanes) is 13. The Morgan fingerprint density at radius 3 is 1.42 bits per heavy atom. The molecule has 0 aromatic heterocycles. The van der Waals surface area contributed by atoms with Crippen LogP contribution in [0.15, 0.2) is 30.3 Å². The Hall–Kier alpha value is -1.02. The summed E-state index contributed by atoms with van der Waals surface area (Å²) in [5.41, 5.74) is 0. The van der Waals surface area contributed by atoms with Crippen LogP contribution in [0.4, 0.5) is 0 Å². The molecule has 0 atom stereocenters. The van der Waals surface area contributed by atoms with Crippen molar-refractivity contribution in [3.63, 3.8) is 0 Å². The number of hydrogen-bond donors (Lipinski definition) is 1. The van der Waals surface area contributed by atoms with Crippen LogP contribution in [0.1, 0.15) is 89.9 Å². The van der Waals surface area contributed by atoms with Gasteiger partial charge in [0.05, 0.1) is 6.61 Å². The van der Waals surface area contributed by atoms with Crippen LogP contribution in [-0.2, 0) is 0 Å². The fourth-order valence-corrected chi connectivity index (χ4v) is 3.04. The molecule has 24 heavy (non-hydrogen) atoms. The van der Waals surface area contributed by atoms with Crippen LogP contribution in [0.25, 0.3) is 0 Å². The highest BCUT2D eigenvalue weighted by molar-refractivity contribution is 5.20. The van der Waals surface area contributed by atoms with Crippen molar-refractivity contribution in [1.29, 1.82) is 0 Å². The van der Waals surface area contributed by atoms with E-state index in [2.05, 4.69) is 0 Å². The van der Waals surface area contributed by atoms with E-state index in [0.29, 0.717) is 6.61 Å². The molecule has 0 bridgehead atoms. The molecule has 2 heteroatoms. The lowest BCUT2D eigenvalue weighted by molar-refractivity contribution is 0.282. The van der Waals surface area contributed by atoms with Gasteiger partial charge < -0.3 is 9.84 Å². The number of benzene rings is 1. The normalized spacial score (nSPS) is 10.9. The fraction of sp³-hybridized carbons (Fsp3) is 0.727. The molecule has 1 aromatic rings. The molecule has 0 amide bonds. The first kappa shape index (κ1) is 21.0. The Morgan fingerprint density at radius 2 is 0.958 bits per heavy atom. The first-order valence-corrected chi connectivity index (χ1v) is 10.2. The zero-order valence-electron chi connectivity index (χ0n) is 15.6. The van der Waals surface area contributed by atoms with E-state index in [1.165, 1.54) is 83.5 Å². The lowest BCUT2D eigenvalue weighted by Crippen LogP contribution is -1.96. The average molecular weight is 335 g/mol. The predicted molar refractivity (Wildman–Crippen MR) is 104 cm³/mol. The largest absolute Gasteiger partial charge is 0.494 e. The van der Waals surface area contributed by atoms with E-state index in [1.807, 2.05) is 30.3 Å². The number of aliphatic hydroxyl groups is 1. The van der Waals surface area contributed by atoms with Crippen molar-refractivity contribution in [3.8, 4) is 5.75 Å². The van der Waals surface area contributed by atoms with E-state index in [4.69, 9.17) is 9.84 Å². The molecule has 0 aliphatic rings. The highest BCUT2D eigenvalue weighted by atomic mass is 16.5. The van der Waals surface area contributed by atoms with Crippen molar-refractivity contribution in [3.05, 3.63) is 30.3 Å². The minimum Gasteiger partial charge on any atom is -0.494 e. The highest BCUT2D eigenvalue weighted by Crippen LogP contribution is 2.13. The van der Waals surface area contributed by atoms with Gasteiger partial charge in [-0.25, -0.2) is 0 Å². The van der Waals surface area contributed by atoms with E-state index >= 15 is 0 Å². The van der Waals surface area contributed by atoms with Crippen molar-refractivity contribution in [2.45, 2.75) is 89.9 Å². The smallest absolute Gasteiger partial charge is 0.119 e. The molecular formula is C22H38O2. The second kappa shape index (κ2) is 16.8. The number of ether oxygens (including phenoxy) is 1. The van der Waals surface area contributed by atoms with Gasteiger partial charge in [-0.15, -0.1) is 0 Å². The Morgan fingerprint density at radius 1 is 0.542 bits per heavy atom. The predicted octanol–water partition coefficient (Wildman–Crippen LogP) is 6.52. The van der Waals surface area contributed by atoms with Gasteiger partial charge in [-0.1, -0.05) is 95.2 Å². The molecule has 0 unspecified atom stereocenters. The Labute approximate surface area is 149 Å². The summed E-state index contributed by atoms with van der Waals surface area (Å²) in [5, 5.41) is 8.71. The molecule has 0 spiro atoms. The minimum atomic E-state index is 0.361. The number of para-hydroxylation sites is 1. The van der Waals surface area contributed by atoms with Crippen molar-refractivity contribution in [2.75, 3.05) is 13.2 Å². The van der Waals surface area contributed by atoms with Crippen LogP contribution in [0.2, 0.25) is 0 Å². The van der Waals surface area contributed by atoms with Gasteiger partial charge >= 0.3 is 0 Å². The third-order valence-corrected chi connectivity index (χ3v) is 4.56. The summed E-state index contributed by atoms with van der Waals surface area (Å²) >= 11 is 0. The van der Waals surface area contributed by atoms with Crippen LogP contribution in [0, 0.1) is 0 Å². The van der Waals surface area contributed by atoms with Gasteiger partial charge in [0.2, 0.25) is 0 Å². The Kier molecular flexibility index (Phi) is 14.7. The number of aliphatic hydroxyl groups excluding tert-OH is 1. The summed E-state index contributed by atoms with van der Waals surface area (Å²) in [6.45, 7) is 1.21. The van der Waals surface area contributed by atoms with Crippen molar-refractivity contribution < 1.29 is 9.84 Å². The van der Waals surface area contributed by atoms with Crippen molar-refractivity contribution in [2.24, 2.45) is 0 Å². The molecule has 1 N–H and O–H groups in total. The first-order chi connectivity index (χ1) is 11.9. The molecule has 0 aliphatic heterocycles. The van der Waals surface area contributed by atoms with E-state index in [0.717, 1.165) is 18.8 Å². The van der Waals surface area contributed by atoms with Crippen LogP contribution < -0.4 is 4.74 Å². The van der Waals surface area contributed by atoms with Gasteiger partial charge in [0.15, 0.2) is 0 Å². The lowest BCUT2D eigenvalue weighted by atomic mass is 10.0. The Bertz CT molecular complexity index is 350. The van der Waals surface area contributed by atoms with Gasteiger partial charge in [0, 0.05) is 6.61 Å². The summed E-state index contributed by atoms with van der Waals surface area (Å²) in [6, 6.07) is 10.1. The second-order valence-corrected chi connectivity index (χ2v) is 6.83. The van der Waals surface area contributed by atoms with E-state index in [9.17, 15) is 0 Å². The molecule has 2 nitrogen and oxygen atoms in total. The summed E-state index contributed by atoms with van der Waals surface area (Å²) in [6.07, 6.45) is 18.4. The molecular weight excluding hydrogens is 296 g/mol. The monoisotopic (exact) mass is 334 g/mol. The van der Waals surface area contributed by atoms with E-state index in [-0.39, 0.29) is 0 Å². The molecule has 0 saturated carbocycles. The number of rotatable bonds is 17. The third kappa shape index (κ3) is 13.4. The highest BCUT2D eigenvalue weighted by Gasteiger charge is 1.95. The van der Waals surface area contributed by atoms with Crippen molar-refractivity contribution >= 4 is 0 Å². The maximum Gasteiger partial charge on any atom is 0.119 e. The van der Waals surface area contributed by atoms with Gasteiger partial charge in [0.25, 0.3) is 0 Å². The van der Waals surface area contributed by atoms with Gasteiger partial charge in [-0.3, -0.25) is 0 Å². The molecule has 0 radical (unpaired) electrons. The SMILES string of the molecule is OCCCCCCCCCCCCCCCCOc1ccccc1. The van der Waals surface area contributed by atoms with Gasteiger partial charge in [-0.05, 0) is 25.0 Å². The fourth-order valence-electron chi connectivity index (χ4n) is 3.04. The molecule has 0 fully saturated rings. The number of hydrogen-bond acceptors (Lipinski definition) is 2. The standard InChI is InChI=1S/C22H38O2/c23-20-16-11-9-7-5-3-1-2-4-6-8-10-12-17-21-24-22-18-14-13-15-19-22/h13-15,18-19,23H,1-12,16-17,20-21H2. The minimum absolute atomic E-state index is 0.361. The molecule has 138 valence electrons. The van der Waals surface area contributed by atoms with Crippen LogP contribution in [0.5, 0.6) is 5.75 Å². The van der Waals surface area contributed by atoms with Crippen LogP contribution in [-0.4, -0.2) is 18.3 Å². The second-order valence-electron chi connectivity index (χ2n) is 6.83. The summed E-state index contributed by atoms with van der Waals surface area (Å²) in [4.78, 5) is 0. The maximum atomic E-state index is 8.71. The third-order valence-electron chi connectivity index (χ3n) is 4.56. The van der Waals surface area contributed by atoms with Crippen molar-refractivity contribution in [1.82, 2.24) is 0 Å². The topological polar surface area (TPSA) is 29.5 Å². The molecule has 0 saturated heterocycles. The lowest BCUT2D eigenvalue weighted by Gasteiger charge is -2.06. The zero-order valence-corrected chi connectivity index (χ0v) is 15.6. The average Bonchev–Trinajstić information content (AvgIpc) is 2.62. The van der Waals surface area contributed by atoms with Crippen LogP contribution in [0.3, 0.4) is 0 Å².